The van der Waals surface area contributed by atoms with E-state index >= 15 is 0 Å². The molecule has 0 bridgehead atoms. The van der Waals surface area contributed by atoms with Gasteiger partial charge in [-0.1, -0.05) is 0 Å². The van der Waals surface area contributed by atoms with Crippen molar-refractivity contribution < 1.29 is 4.39 Å². The van der Waals surface area contributed by atoms with Crippen molar-refractivity contribution in [3.05, 3.63) is 35.6 Å². The summed E-state index contributed by atoms with van der Waals surface area (Å²) in [6.07, 6.45) is 3.09. The number of nitrogen functional groups attached to an aromatic ring is 1. The number of nitrogens with two attached hydrogens (primary N) is 1. The molecule has 0 fully saturated rings. The lowest BCUT2D eigenvalue weighted by Crippen LogP contribution is -2.07. The number of fused-ring (bicyclic) bond motifs is 1. The maximum atomic E-state index is 13.0. The van der Waals surface area contributed by atoms with Gasteiger partial charge < -0.3 is 11.1 Å². The molecule has 0 aliphatic carbocycles. The van der Waals surface area contributed by atoms with Gasteiger partial charge in [0.1, 0.15) is 11.6 Å². The number of nitrogens with zero attached hydrogens (tertiary/aromatic N) is 2. The SMILES string of the molecule is Nc1nc2c(c(-c3ccc(F)cc3)n1)CCCCN2. The van der Waals surface area contributed by atoms with Crippen molar-refractivity contribution in [1.82, 2.24) is 9.97 Å². The summed E-state index contributed by atoms with van der Waals surface area (Å²) in [5.41, 5.74) is 8.51. The van der Waals surface area contributed by atoms with Gasteiger partial charge in [-0.2, -0.15) is 4.98 Å². The Kier molecular flexibility index (Phi) is 3.03. The average Bonchev–Trinajstić information content (AvgIpc) is 2.64. The molecule has 1 aromatic carbocycles. The molecule has 1 aliphatic rings. The van der Waals surface area contributed by atoms with Crippen LogP contribution in [0, 0.1) is 5.82 Å². The summed E-state index contributed by atoms with van der Waals surface area (Å²) in [5, 5.41) is 3.28. The molecule has 0 saturated carbocycles. The van der Waals surface area contributed by atoms with Crippen LogP contribution < -0.4 is 11.1 Å². The molecule has 1 aromatic heterocycles. The predicted octanol–water partition coefficient (Wildman–Crippen LogP) is 2.61. The van der Waals surface area contributed by atoms with Gasteiger partial charge in [0.2, 0.25) is 5.95 Å². The summed E-state index contributed by atoms with van der Waals surface area (Å²) in [7, 11) is 0. The zero-order valence-corrected chi connectivity index (χ0v) is 10.5. The molecule has 4 nitrogen and oxygen atoms in total. The fourth-order valence-corrected chi connectivity index (χ4v) is 2.36. The Hall–Kier alpha value is -2.17. The van der Waals surface area contributed by atoms with Crippen molar-refractivity contribution in [3.8, 4) is 11.3 Å². The second-order valence-electron chi connectivity index (χ2n) is 4.65. The topological polar surface area (TPSA) is 63.8 Å². The minimum atomic E-state index is -0.255. The van der Waals surface area contributed by atoms with E-state index in [1.54, 1.807) is 12.1 Å². The molecule has 0 spiro atoms. The van der Waals surface area contributed by atoms with Crippen LogP contribution >= 0.6 is 0 Å². The molecule has 3 rings (SSSR count). The van der Waals surface area contributed by atoms with Gasteiger partial charge in [-0.3, -0.25) is 0 Å². The van der Waals surface area contributed by atoms with Gasteiger partial charge in [0, 0.05) is 17.7 Å². The molecule has 0 radical (unpaired) electrons. The Morgan fingerprint density at radius 1 is 1.11 bits per heavy atom. The van der Waals surface area contributed by atoms with Crippen LogP contribution in [0.4, 0.5) is 16.2 Å². The monoisotopic (exact) mass is 258 g/mol. The maximum Gasteiger partial charge on any atom is 0.222 e. The second kappa shape index (κ2) is 4.84. The summed E-state index contributed by atoms with van der Waals surface area (Å²) in [6, 6.07) is 6.32. The molecule has 0 atom stereocenters. The van der Waals surface area contributed by atoms with E-state index in [2.05, 4.69) is 15.3 Å². The summed E-state index contributed by atoms with van der Waals surface area (Å²) >= 11 is 0. The Morgan fingerprint density at radius 2 is 1.89 bits per heavy atom. The number of hydrogen-bond acceptors (Lipinski definition) is 4. The molecular weight excluding hydrogens is 243 g/mol. The van der Waals surface area contributed by atoms with Gasteiger partial charge in [0.25, 0.3) is 0 Å². The van der Waals surface area contributed by atoms with Gasteiger partial charge in [0.05, 0.1) is 5.69 Å². The summed E-state index contributed by atoms with van der Waals surface area (Å²) < 4.78 is 13.0. The van der Waals surface area contributed by atoms with Crippen molar-refractivity contribution >= 4 is 11.8 Å². The van der Waals surface area contributed by atoms with Crippen molar-refractivity contribution in [2.45, 2.75) is 19.3 Å². The smallest absolute Gasteiger partial charge is 0.222 e. The van der Waals surface area contributed by atoms with Gasteiger partial charge in [-0.15, -0.1) is 0 Å². The quantitative estimate of drug-likeness (QED) is 0.825. The highest BCUT2D eigenvalue weighted by Crippen LogP contribution is 2.30. The van der Waals surface area contributed by atoms with E-state index in [0.717, 1.165) is 48.4 Å². The Labute approximate surface area is 110 Å². The van der Waals surface area contributed by atoms with Crippen LogP contribution in [0.1, 0.15) is 18.4 Å². The van der Waals surface area contributed by atoms with E-state index in [4.69, 9.17) is 5.73 Å². The molecule has 3 N–H and O–H groups in total. The largest absolute Gasteiger partial charge is 0.370 e. The van der Waals surface area contributed by atoms with Crippen molar-refractivity contribution in [2.75, 3.05) is 17.6 Å². The number of aromatic nitrogens is 2. The Balaban J connectivity index is 2.14. The van der Waals surface area contributed by atoms with Crippen molar-refractivity contribution in [1.29, 1.82) is 0 Å². The summed E-state index contributed by atoms with van der Waals surface area (Å²) in [5.74, 6) is 0.798. The number of rotatable bonds is 1. The molecule has 5 heteroatoms. The Bertz CT molecular complexity index is 595. The van der Waals surface area contributed by atoms with E-state index < -0.39 is 0 Å². The number of nitrogens with one attached hydrogen (secondary N) is 1. The van der Waals surface area contributed by atoms with E-state index in [9.17, 15) is 4.39 Å². The average molecular weight is 258 g/mol. The van der Waals surface area contributed by atoms with Crippen molar-refractivity contribution in [3.63, 3.8) is 0 Å². The van der Waals surface area contributed by atoms with Crippen LogP contribution in [0.2, 0.25) is 0 Å². The van der Waals surface area contributed by atoms with E-state index in [-0.39, 0.29) is 11.8 Å². The standard InChI is InChI=1S/C14H15FN4/c15-10-6-4-9(5-7-10)12-11-3-1-2-8-17-13(11)19-14(16)18-12/h4-7H,1-3,8H2,(H3,16,17,18,19). The van der Waals surface area contributed by atoms with Gasteiger partial charge in [-0.05, 0) is 43.5 Å². The first-order chi connectivity index (χ1) is 9.24. The molecule has 19 heavy (non-hydrogen) atoms. The molecule has 0 unspecified atom stereocenters. The van der Waals surface area contributed by atoms with Crippen LogP contribution in [0.15, 0.2) is 24.3 Å². The number of benzene rings is 1. The van der Waals surface area contributed by atoms with Crippen LogP contribution in [-0.2, 0) is 6.42 Å². The van der Waals surface area contributed by atoms with Crippen LogP contribution in [0.25, 0.3) is 11.3 Å². The van der Waals surface area contributed by atoms with E-state index in [1.807, 2.05) is 0 Å². The van der Waals surface area contributed by atoms with Crippen LogP contribution in [0.5, 0.6) is 0 Å². The first-order valence-corrected chi connectivity index (χ1v) is 6.40. The number of anilines is 2. The first-order valence-electron chi connectivity index (χ1n) is 6.40. The molecule has 0 amide bonds. The molecule has 1 aliphatic heterocycles. The predicted molar refractivity (Wildman–Crippen MR) is 73.3 cm³/mol. The number of hydrogen-bond donors (Lipinski definition) is 2. The molecule has 98 valence electrons. The third-order valence-corrected chi connectivity index (χ3v) is 3.29. The first kappa shape index (κ1) is 11.9. The Morgan fingerprint density at radius 3 is 2.68 bits per heavy atom. The minimum Gasteiger partial charge on any atom is -0.370 e. The zero-order valence-electron chi connectivity index (χ0n) is 10.5. The highest BCUT2D eigenvalue weighted by atomic mass is 19.1. The van der Waals surface area contributed by atoms with Crippen molar-refractivity contribution in [2.24, 2.45) is 0 Å². The van der Waals surface area contributed by atoms with E-state index in [1.165, 1.54) is 12.1 Å². The lowest BCUT2D eigenvalue weighted by atomic mass is 10.0. The fourth-order valence-electron chi connectivity index (χ4n) is 2.36. The molecule has 0 saturated heterocycles. The molecule has 2 aromatic rings. The lowest BCUT2D eigenvalue weighted by molar-refractivity contribution is 0.628. The minimum absolute atomic E-state index is 0.243. The van der Waals surface area contributed by atoms with E-state index in [0.29, 0.717) is 0 Å². The lowest BCUT2D eigenvalue weighted by Gasteiger charge is -2.12. The highest BCUT2D eigenvalue weighted by Gasteiger charge is 2.16. The normalized spacial score (nSPS) is 14.4. The molecule has 2 heterocycles. The summed E-state index contributed by atoms with van der Waals surface area (Å²) in [6.45, 7) is 0.895. The third-order valence-electron chi connectivity index (χ3n) is 3.29. The zero-order chi connectivity index (χ0) is 13.2. The van der Waals surface area contributed by atoms with Crippen LogP contribution in [0.3, 0.4) is 0 Å². The summed E-state index contributed by atoms with van der Waals surface area (Å²) in [4.78, 5) is 8.59. The second-order valence-corrected chi connectivity index (χ2v) is 4.65. The van der Waals surface area contributed by atoms with Gasteiger partial charge in [0.15, 0.2) is 0 Å². The molecular formula is C14H15FN4. The van der Waals surface area contributed by atoms with Crippen LogP contribution in [-0.4, -0.2) is 16.5 Å². The van der Waals surface area contributed by atoms with Gasteiger partial charge in [-0.25, -0.2) is 9.37 Å². The van der Waals surface area contributed by atoms with Gasteiger partial charge >= 0.3 is 0 Å². The third kappa shape index (κ3) is 2.36. The maximum absolute atomic E-state index is 13.0. The number of halogens is 1. The fraction of sp³-hybridized carbons (Fsp3) is 0.286. The highest BCUT2D eigenvalue weighted by molar-refractivity contribution is 5.70.